The van der Waals surface area contributed by atoms with Crippen molar-refractivity contribution >= 4 is 33.1 Å². The van der Waals surface area contributed by atoms with Crippen molar-refractivity contribution in [3.63, 3.8) is 0 Å². The lowest BCUT2D eigenvalue weighted by molar-refractivity contribution is -0.117. The van der Waals surface area contributed by atoms with Crippen LogP contribution in [0, 0.1) is 0 Å². The molecule has 8 nitrogen and oxygen atoms in total. The van der Waals surface area contributed by atoms with E-state index in [1.165, 1.54) is 4.88 Å². The van der Waals surface area contributed by atoms with E-state index < -0.39 is 0 Å². The Kier molecular flexibility index (Phi) is 3.82. The fourth-order valence-corrected chi connectivity index (χ4v) is 4.72. The average Bonchev–Trinajstić information content (AvgIpc) is 3.28. The first-order valence-electron chi connectivity index (χ1n) is 8.76. The van der Waals surface area contributed by atoms with Gasteiger partial charge in [0.1, 0.15) is 6.54 Å². The number of anilines is 1. The number of nitrogens with zero attached hydrogens (tertiary/aromatic N) is 3. The molecule has 0 unspecified atom stereocenters. The molecule has 3 aromatic rings. The van der Waals surface area contributed by atoms with E-state index in [1.807, 2.05) is 0 Å². The van der Waals surface area contributed by atoms with Gasteiger partial charge in [0.2, 0.25) is 12.7 Å². The van der Waals surface area contributed by atoms with Crippen molar-refractivity contribution < 1.29 is 14.3 Å². The summed E-state index contributed by atoms with van der Waals surface area (Å²) in [5.41, 5.74) is 1.41. The summed E-state index contributed by atoms with van der Waals surface area (Å²) in [6.07, 6.45) is 4.09. The minimum absolute atomic E-state index is 0.169. The standard InChI is InChI=1S/C18H16N4O4S/c23-15(19-10-5-6-12-13(7-10)26-9-25-12)8-22-18(24)16-11-3-1-2-4-14(11)27-17(16)20-21-22/h5-7H,1-4,8-9H2,(H,19,23). The van der Waals surface area contributed by atoms with E-state index in [0.717, 1.165) is 35.9 Å². The summed E-state index contributed by atoms with van der Waals surface area (Å²) in [4.78, 5) is 27.1. The molecule has 3 heterocycles. The largest absolute Gasteiger partial charge is 0.454 e. The maximum Gasteiger partial charge on any atom is 0.279 e. The van der Waals surface area contributed by atoms with Crippen LogP contribution in [0.25, 0.3) is 10.2 Å². The summed E-state index contributed by atoms with van der Waals surface area (Å²) in [7, 11) is 0. The van der Waals surface area contributed by atoms with Gasteiger partial charge in [0, 0.05) is 16.6 Å². The summed E-state index contributed by atoms with van der Waals surface area (Å²) >= 11 is 1.54. The van der Waals surface area contributed by atoms with Crippen LogP contribution in [0.4, 0.5) is 5.69 Å². The predicted molar refractivity (Wildman–Crippen MR) is 99.5 cm³/mol. The Morgan fingerprint density at radius 2 is 2.07 bits per heavy atom. The number of carbonyl (C=O) groups is 1. The SMILES string of the molecule is O=C(Cn1nnc2sc3c(c2c1=O)CCCC3)Nc1ccc2c(c1)OCO2. The van der Waals surface area contributed by atoms with E-state index in [2.05, 4.69) is 15.6 Å². The molecule has 1 aliphatic heterocycles. The van der Waals surface area contributed by atoms with Crippen LogP contribution in [0.5, 0.6) is 11.5 Å². The Morgan fingerprint density at radius 3 is 3.00 bits per heavy atom. The van der Waals surface area contributed by atoms with Gasteiger partial charge in [-0.05, 0) is 43.4 Å². The molecule has 27 heavy (non-hydrogen) atoms. The number of fused-ring (bicyclic) bond motifs is 4. The van der Waals surface area contributed by atoms with Gasteiger partial charge in [-0.1, -0.05) is 5.21 Å². The summed E-state index contributed by atoms with van der Waals surface area (Å²) in [6.45, 7) is -0.0243. The van der Waals surface area contributed by atoms with Gasteiger partial charge in [0.05, 0.1) is 5.39 Å². The van der Waals surface area contributed by atoms with Crippen molar-refractivity contribution in [2.75, 3.05) is 12.1 Å². The highest BCUT2D eigenvalue weighted by Gasteiger charge is 2.21. The molecule has 1 N–H and O–H groups in total. The zero-order valence-corrected chi connectivity index (χ0v) is 15.2. The molecule has 0 radical (unpaired) electrons. The third-order valence-electron chi connectivity index (χ3n) is 4.79. The molecule has 9 heteroatoms. The van der Waals surface area contributed by atoms with Gasteiger partial charge in [0.25, 0.3) is 5.56 Å². The number of carbonyl (C=O) groups excluding carboxylic acids is 1. The summed E-state index contributed by atoms with van der Waals surface area (Å²) < 4.78 is 11.7. The van der Waals surface area contributed by atoms with Crippen LogP contribution in [0.15, 0.2) is 23.0 Å². The highest BCUT2D eigenvalue weighted by Crippen LogP contribution is 2.34. The third-order valence-corrected chi connectivity index (χ3v) is 5.97. The second kappa shape index (κ2) is 6.34. The first-order valence-corrected chi connectivity index (χ1v) is 9.58. The van der Waals surface area contributed by atoms with E-state index in [9.17, 15) is 9.59 Å². The normalized spacial score (nSPS) is 15.0. The summed E-state index contributed by atoms with van der Waals surface area (Å²) in [5, 5.41) is 11.5. The lowest BCUT2D eigenvalue weighted by Gasteiger charge is -2.10. The van der Waals surface area contributed by atoms with Gasteiger partial charge >= 0.3 is 0 Å². The molecule has 2 aliphatic rings. The molecule has 1 aromatic carbocycles. The van der Waals surface area contributed by atoms with Gasteiger partial charge in [-0.25, -0.2) is 4.68 Å². The van der Waals surface area contributed by atoms with Crippen LogP contribution in [-0.4, -0.2) is 27.7 Å². The van der Waals surface area contributed by atoms with Crippen LogP contribution in [0.2, 0.25) is 0 Å². The molecule has 0 fully saturated rings. The monoisotopic (exact) mass is 384 g/mol. The molecular weight excluding hydrogens is 368 g/mol. The van der Waals surface area contributed by atoms with Crippen molar-refractivity contribution in [2.45, 2.75) is 32.2 Å². The van der Waals surface area contributed by atoms with Crippen LogP contribution in [0.1, 0.15) is 23.3 Å². The number of thiophene rings is 1. The Morgan fingerprint density at radius 1 is 1.22 bits per heavy atom. The van der Waals surface area contributed by atoms with Crippen molar-refractivity contribution in [1.82, 2.24) is 15.0 Å². The minimum atomic E-state index is -0.353. The van der Waals surface area contributed by atoms with E-state index in [1.54, 1.807) is 29.5 Å². The number of aryl methyl sites for hydroxylation is 2. The zero-order chi connectivity index (χ0) is 18.4. The smallest absolute Gasteiger partial charge is 0.279 e. The highest BCUT2D eigenvalue weighted by atomic mass is 32.1. The average molecular weight is 384 g/mol. The molecule has 0 spiro atoms. The molecule has 0 atom stereocenters. The first kappa shape index (κ1) is 16.2. The van der Waals surface area contributed by atoms with E-state index in [4.69, 9.17) is 9.47 Å². The number of amides is 1. The fourth-order valence-electron chi connectivity index (χ4n) is 3.52. The molecule has 2 aromatic heterocycles. The van der Waals surface area contributed by atoms with Gasteiger partial charge in [-0.15, -0.1) is 16.4 Å². The van der Waals surface area contributed by atoms with E-state index >= 15 is 0 Å². The number of nitrogens with one attached hydrogen (secondary N) is 1. The topological polar surface area (TPSA) is 95.3 Å². The Balaban J connectivity index is 1.40. The second-order valence-electron chi connectivity index (χ2n) is 6.56. The first-order chi connectivity index (χ1) is 13.2. The van der Waals surface area contributed by atoms with Crippen molar-refractivity contribution in [3.05, 3.63) is 39.0 Å². The van der Waals surface area contributed by atoms with Crippen molar-refractivity contribution in [3.8, 4) is 11.5 Å². The Hall–Kier alpha value is -2.94. The molecule has 138 valence electrons. The zero-order valence-electron chi connectivity index (χ0n) is 14.4. The minimum Gasteiger partial charge on any atom is -0.454 e. The quantitative estimate of drug-likeness (QED) is 0.743. The number of aromatic nitrogens is 3. The molecule has 1 aliphatic carbocycles. The molecular formula is C18H16N4O4S. The number of rotatable bonds is 3. The van der Waals surface area contributed by atoms with Gasteiger partial charge in [-0.2, -0.15) is 0 Å². The summed E-state index contributed by atoms with van der Waals surface area (Å²) in [6, 6.07) is 5.14. The van der Waals surface area contributed by atoms with Crippen LogP contribution >= 0.6 is 11.3 Å². The molecule has 5 rings (SSSR count). The van der Waals surface area contributed by atoms with Crippen molar-refractivity contribution in [2.24, 2.45) is 0 Å². The van der Waals surface area contributed by atoms with Crippen LogP contribution in [0.3, 0.4) is 0 Å². The van der Waals surface area contributed by atoms with Gasteiger partial charge in [-0.3, -0.25) is 9.59 Å². The highest BCUT2D eigenvalue weighted by molar-refractivity contribution is 7.18. The van der Waals surface area contributed by atoms with E-state index in [-0.39, 0.29) is 24.8 Å². The maximum atomic E-state index is 12.9. The number of hydrogen-bond acceptors (Lipinski definition) is 7. The molecule has 0 saturated carbocycles. The Bertz CT molecular complexity index is 1120. The van der Waals surface area contributed by atoms with Crippen LogP contribution < -0.4 is 20.3 Å². The van der Waals surface area contributed by atoms with Gasteiger partial charge < -0.3 is 14.8 Å². The number of benzene rings is 1. The molecule has 0 saturated heterocycles. The number of hydrogen-bond donors (Lipinski definition) is 1. The number of ether oxygens (including phenoxy) is 2. The fraction of sp³-hybridized carbons (Fsp3) is 0.333. The lowest BCUT2D eigenvalue weighted by Crippen LogP contribution is -2.30. The Labute approximate surface area is 157 Å². The maximum absolute atomic E-state index is 12.9. The summed E-state index contributed by atoms with van der Waals surface area (Å²) in [5.74, 6) is 0.868. The second-order valence-corrected chi connectivity index (χ2v) is 7.64. The molecule has 0 bridgehead atoms. The predicted octanol–water partition coefficient (Wildman–Crippen LogP) is 2.10. The van der Waals surface area contributed by atoms with Crippen molar-refractivity contribution in [1.29, 1.82) is 0 Å². The van der Waals surface area contributed by atoms with Gasteiger partial charge in [0.15, 0.2) is 16.3 Å². The third kappa shape index (κ3) is 2.84. The molecule has 1 amide bonds. The lowest BCUT2D eigenvalue weighted by atomic mass is 9.97. The van der Waals surface area contributed by atoms with E-state index in [0.29, 0.717) is 27.4 Å². The van der Waals surface area contributed by atoms with Crippen LogP contribution in [-0.2, 0) is 24.2 Å².